The first-order valence-corrected chi connectivity index (χ1v) is 9.02. The Morgan fingerprint density at radius 3 is 2.80 bits per heavy atom. The number of rotatable bonds is 5. The van der Waals surface area contributed by atoms with Gasteiger partial charge in [-0.1, -0.05) is 6.42 Å². The minimum atomic E-state index is -3.44. The fourth-order valence-corrected chi connectivity index (χ4v) is 5.21. The normalized spacial score (nSPS) is 30.8. The van der Waals surface area contributed by atoms with Crippen LogP contribution in [0.4, 0.5) is 0 Å². The third kappa shape index (κ3) is 2.51. The average Bonchev–Trinajstić information content (AvgIpc) is 3.13. The molecule has 4 atom stereocenters. The monoisotopic (exact) mass is 297 g/mol. The minimum Gasteiger partial charge on any atom is -0.272 e. The van der Waals surface area contributed by atoms with E-state index in [1.165, 1.54) is 31.9 Å². The molecule has 2 fully saturated rings. The molecule has 2 saturated carbocycles. The number of aromatic nitrogens is 2. The molecule has 0 amide bonds. The average molecular weight is 297 g/mol. The molecule has 1 aromatic heterocycles. The second-order valence-corrected chi connectivity index (χ2v) is 7.99. The molecule has 2 bridgehead atoms. The van der Waals surface area contributed by atoms with Crippen LogP contribution >= 0.6 is 0 Å². The molecule has 20 heavy (non-hydrogen) atoms. The zero-order valence-electron chi connectivity index (χ0n) is 12.1. The van der Waals surface area contributed by atoms with Gasteiger partial charge in [-0.25, -0.2) is 13.1 Å². The van der Waals surface area contributed by atoms with Gasteiger partial charge in [-0.15, -0.1) is 0 Å². The first-order valence-electron chi connectivity index (χ1n) is 7.54. The van der Waals surface area contributed by atoms with Gasteiger partial charge in [0.1, 0.15) is 4.90 Å². The fourth-order valence-electron chi connectivity index (χ4n) is 3.96. The minimum absolute atomic E-state index is 0.0141. The number of sulfonamides is 1. The van der Waals surface area contributed by atoms with Gasteiger partial charge in [0.05, 0.1) is 6.20 Å². The Morgan fingerprint density at radius 2 is 2.25 bits per heavy atom. The number of hydrogen-bond donors (Lipinski definition) is 1. The lowest BCUT2D eigenvalue weighted by molar-refractivity contribution is 0.280. The number of nitrogens with one attached hydrogen (secondary N) is 1. The van der Waals surface area contributed by atoms with E-state index in [0.717, 1.165) is 11.8 Å². The Kier molecular flexibility index (Phi) is 3.62. The van der Waals surface area contributed by atoms with Gasteiger partial charge in [-0.2, -0.15) is 5.10 Å². The fraction of sp³-hybridized carbons (Fsp3) is 0.786. The van der Waals surface area contributed by atoms with Crippen LogP contribution < -0.4 is 4.72 Å². The Labute approximate surface area is 120 Å². The van der Waals surface area contributed by atoms with Gasteiger partial charge in [-0.3, -0.25) is 4.68 Å². The highest BCUT2D eigenvalue weighted by atomic mass is 32.2. The van der Waals surface area contributed by atoms with Crippen molar-refractivity contribution >= 4 is 10.0 Å². The first kappa shape index (κ1) is 14.1. The lowest BCUT2D eigenvalue weighted by Crippen LogP contribution is -2.39. The SMILES string of the molecule is CCn1cc(S(=O)(=O)N[C@@H](C)[C@H]2C[C@H]3CC[C@H]2C3)cn1. The molecule has 1 heterocycles. The smallest absolute Gasteiger partial charge is 0.243 e. The van der Waals surface area contributed by atoms with E-state index < -0.39 is 10.0 Å². The van der Waals surface area contributed by atoms with E-state index in [9.17, 15) is 8.42 Å². The maximum Gasteiger partial charge on any atom is 0.243 e. The van der Waals surface area contributed by atoms with Crippen molar-refractivity contribution in [2.75, 3.05) is 0 Å². The van der Waals surface area contributed by atoms with E-state index in [4.69, 9.17) is 0 Å². The van der Waals surface area contributed by atoms with Crippen molar-refractivity contribution in [3.8, 4) is 0 Å². The molecule has 0 aromatic carbocycles. The Hall–Kier alpha value is -0.880. The quantitative estimate of drug-likeness (QED) is 0.904. The lowest BCUT2D eigenvalue weighted by atomic mass is 9.84. The highest BCUT2D eigenvalue weighted by molar-refractivity contribution is 7.89. The van der Waals surface area contributed by atoms with Gasteiger partial charge in [0.2, 0.25) is 10.0 Å². The molecule has 1 aromatic rings. The Balaban J connectivity index is 1.69. The second kappa shape index (κ2) is 5.15. The van der Waals surface area contributed by atoms with Crippen LogP contribution in [0.3, 0.4) is 0 Å². The molecular weight excluding hydrogens is 274 g/mol. The molecular formula is C14H23N3O2S. The van der Waals surface area contributed by atoms with E-state index in [2.05, 4.69) is 9.82 Å². The Morgan fingerprint density at radius 1 is 1.45 bits per heavy atom. The van der Waals surface area contributed by atoms with Crippen molar-refractivity contribution in [1.29, 1.82) is 0 Å². The number of hydrogen-bond acceptors (Lipinski definition) is 3. The molecule has 1 N–H and O–H groups in total. The van der Waals surface area contributed by atoms with Crippen LogP contribution in [0.1, 0.15) is 39.5 Å². The van der Waals surface area contributed by atoms with Gasteiger partial charge >= 0.3 is 0 Å². The number of aryl methyl sites for hydroxylation is 1. The summed E-state index contributed by atoms with van der Waals surface area (Å²) >= 11 is 0. The molecule has 2 aliphatic rings. The van der Waals surface area contributed by atoms with Crippen molar-refractivity contribution in [2.45, 2.75) is 57.0 Å². The highest BCUT2D eigenvalue weighted by Crippen LogP contribution is 2.49. The molecule has 0 spiro atoms. The van der Waals surface area contributed by atoms with E-state index in [-0.39, 0.29) is 10.9 Å². The molecule has 0 saturated heterocycles. The van der Waals surface area contributed by atoms with Crippen LogP contribution in [0.15, 0.2) is 17.3 Å². The summed E-state index contributed by atoms with van der Waals surface area (Å²) in [5, 5.41) is 4.04. The summed E-state index contributed by atoms with van der Waals surface area (Å²) in [6.07, 6.45) is 8.11. The van der Waals surface area contributed by atoms with Gasteiger partial charge in [-0.05, 0) is 50.9 Å². The largest absolute Gasteiger partial charge is 0.272 e. The first-order chi connectivity index (χ1) is 9.49. The molecule has 0 aliphatic heterocycles. The van der Waals surface area contributed by atoms with E-state index >= 15 is 0 Å². The molecule has 6 heteroatoms. The summed E-state index contributed by atoms with van der Waals surface area (Å²) < 4.78 is 29.2. The summed E-state index contributed by atoms with van der Waals surface area (Å²) in [4.78, 5) is 0.273. The molecule has 3 rings (SSSR count). The molecule has 0 unspecified atom stereocenters. The van der Waals surface area contributed by atoms with Crippen LogP contribution in [0.25, 0.3) is 0 Å². The predicted molar refractivity (Wildman–Crippen MR) is 76.6 cm³/mol. The maximum atomic E-state index is 12.4. The van der Waals surface area contributed by atoms with Crippen LogP contribution in [0.2, 0.25) is 0 Å². The second-order valence-electron chi connectivity index (χ2n) is 6.28. The van der Waals surface area contributed by atoms with Gasteiger partial charge in [0, 0.05) is 18.8 Å². The molecule has 2 aliphatic carbocycles. The summed E-state index contributed by atoms with van der Waals surface area (Å²) in [7, 11) is -3.44. The zero-order valence-corrected chi connectivity index (χ0v) is 12.9. The van der Waals surface area contributed by atoms with Crippen LogP contribution in [0, 0.1) is 17.8 Å². The van der Waals surface area contributed by atoms with Gasteiger partial charge in [0.25, 0.3) is 0 Å². The number of fused-ring (bicyclic) bond motifs is 2. The molecule has 112 valence electrons. The standard InChI is InChI=1S/C14H23N3O2S/c1-3-17-9-13(8-15-17)20(18,19)16-10(2)14-7-11-4-5-12(14)6-11/h8-12,14,16H,3-7H2,1-2H3/t10-,11-,12-,14+/m0/s1. The zero-order chi connectivity index (χ0) is 14.3. The van der Waals surface area contributed by atoms with Crippen molar-refractivity contribution < 1.29 is 8.42 Å². The summed E-state index contributed by atoms with van der Waals surface area (Å²) in [6.45, 7) is 4.62. The van der Waals surface area contributed by atoms with Crippen LogP contribution in [-0.2, 0) is 16.6 Å². The van der Waals surface area contributed by atoms with E-state index in [1.807, 2.05) is 13.8 Å². The van der Waals surface area contributed by atoms with Crippen LogP contribution in [-0.4, -0.2) is 24.2 Å². The third-order valence-electron chi connectivity index (χ3n) is 5.02. The Bertz CT molecular complexity index is 581. The van der Waals surface area contributed by atoms with Crippen molar-refractivity contribution in [1.82, 2.24) is 14.5 Å². The molecule has 5 nitrogen and oxygen atoms in total. The van der Waals surface area contributed by atoms with Gasteiger partial charge < -0.3 is 0 Å². The predicted octanol–water partition coefficient (Wildman–Crippen LogP) is 2.01. The van der Waals surface area contributed by atoms with Crippen molar-refractivity contribution in [3.05, 3.63) is 12.4 Å². The highest BCUT2D eigenvalue weighted by Gasteiger charge is 2.42. The maximum absolute atomic E-state index is 12.4. The summed E-state index contributed by atoms with van der Waals surface area (Å²) in [5.41, 5.74) is 0. The van der Waals surface area contributed by atoms with Crippen molar-refractivity contribution in [2.24, 2.45) is 17.8 Å². The number of nitrogens with zero attached hydrogens (tertiary/aromatic N) is 2. The van der Waals surface area contributed by atoms with Gasteiger partial charge in [0.15, 0.2) is 0 Å². The summed E-state index contributed by atoms with van der Waals surface area (Å²) in [5.74, 6) is 2.06. The van der Waals surface area contributed by atoms with E-state index in [1.54, 1.807) is 10.9 Å². The topological polar surface area (TPSA) is 64.0 Å². The van der Waals surface area contributed by atoms with Crippen LogP contribution in [0.5, 0.6) is 0 Å². The molecule has 0 radical (unpaired) electrons. The lowest BCUT2D eigenvalue weighted by Gasteiger charge is -2.28. The summed E-state index contributed by atoms with van der Waals surface area (Å²) in [6, 6.07) is 0.0141. The van der Waals surface area contributed by atoms with Crippen molar-refractivity contribution in [3.63, 3.8) is 0 Å². The third-order valence-corrected chi connectivity index (χ3v) is 6.53. The van der Waals surface area contributed by atoms with E-state index in [0.29, 0.717) is 12.5 Å².